The number of rotatable bonds is 5. The van der Waals surface area contributed by atoms with E-state index in [1.54, 1.807) is 0 Å². The zero-order chi connectivity index (χ0) is 12.6. The molecular weight excluding hydrogens is 241 g/mol. The standard InChI is InChI=1S/C15H26NOP/c1-2-3-4-12-7-9-15(10-8-12)11-16(14(15)17)18-13-5-6-13/h12-13,18H,2-11H2,1H3. The molecule has 0 bridgehead atoms. The van der Waals surface area contributed by atoms with Crippen LogP contribution in [-0.2, 0) is 4.79 Å². The van der Waals surface area contributed by atoms with Crippen molar-refractivity contribution in [2.75, 3.05) is 6.54 Å². The normalized spacial score (nSPS) is 36.6. The van der Waals surface area contributed by atoms with Crippen LogP contribution in [-0.4, -0.2) is 22.8 Å². The summed E-state index contributed by atoms with van der Waals surface area (Å²) in [5.41, 5.74) is 0.997. The maximum Gasteiger partial charge on any atom is 0.233 e. The van der Waals surface area contributed by atoms with Gasteiger partial charge in [-0.1, -0.05) is 26.2 Å². The first-order valence-corrected chi connectivity index (χ1v) is 8.84. The van der Waals surface area contributed by atoms with Crippen molar-refractivity contribution >= 4 is 14.6 Å². The smallest absolute Gasteiger partial charge is 0.233 e. The molecule has 0 aromatic rings. The van der Waals surface area contributed by atoms with Gasteiger partial charge >= 0.3 is 0 Å². The van der Waals surface area contributed by atoms with E-state index in [1.165, 1.54) is 57.8 Å². The molecule has 2 nitrogen and oxygen atoms in total. The van der Waals surface area contributed by atoms with Gasteiger partial charge < -0.3 is 4.67 Å². The number of unbranched alkanes of at least 4 members (excludes halogenated alkanes) is 1. The van der Waals surface area contributed by atoms with Gasteiger partial charge in [0, 0.05) is 6.54 Å². The topological polar surface area (TPSA) is 20.3 Å². The van der Waals surface area contributed by atoms with Crippen molar-refractivity contribution in [3.63, 3.8) is 0 Å². The number of amides is 1. The predicted molar refractivity (Wildman–Crippen MR) is 77.0 cm³/mol. The Morgan fingerprint density at radius 2 is 2.00 bits per heavy atom. The molecule has 0 radical (unpaired) electrons. The van der Waals surface area contributed by atoms with Crippen molar-refractivity contribution in [1.29, 1.82) is 0 Å². The van der Waals surface area contributed by atoms with Crippen molar-refractivity contribution in [2.24, 2.45) is 11.3 Å². The highest BCUT2D eigenvalue weighted by Gasteiger charge is 2.53. The summed E-state index contributed by atoms with van der Waals surface area (Å²) in [7, 11) is 0.817. The molecule has 102 valence electrons. The first kappa shape index (κ1) is 12.9. The molecule has 0 N–H and O–H groups in total. The minimum atomic E-state index is 0.116. The quantitative estimate of drug-likeness (QED) is 0.545. The van der Waals surface area contributed by atoms with Crippen molar-refractivity contribution in [3.8, 4) is 0 Å². The Morgan fingerprint density at radius 1 is 1.28 bits per heavy atom. The van der Waals surface area contributed by atoms with Crippen LogP contribution < -0.4 is 0 Å². The van der Waals surface area contributed by atoms with Crippen LogP contribution in [0.15, 0.2) is 0 Å². The lowest BCUT2D eigenvalue weighted by Crippen LogP contribution is -2.59. The molecule has 0 aromatic heterocycles. The van der Waals surface area contributed by atoms with E-state index in [1.807, 2.05) is 0 Å². The average molecular weight is 267 g/mol. The molecule has 2 saturated carbocycles. The molecule has 1 saturated heterocycles. The lowest BCUT2D eigenvalue weighted by Gasteiger charge is -2.52. The third-order valence-corrected chi connectivity index (χ3v) is 6.72. The SMILES string of the molecule is CCCCC1CCC2(CC1)CN(PC1CC1)C2=O. The molecule has 1 amide bonds. The molecule has 2 aliphatic carbocycles. The predicted octanol–water partition coefficient (Wildman–Crippen LogP) is 3.95. The molecule has 1 spiro atoms. The Bertz CT molecular complexity index is 318. The van der Waals surface area contributed by atoms with Crippen molar-refractivity contribution in [2.45, 2.75) is 70.4 Å². The number of hydrogen-bond donors (Lipinski definition) is 0. The van der Waals surface area contributed by atoms with Crippen LogP contribution in [0, 0.1) is 11.3 Å². The van der Waals surface area contributed by atoms with Crippen molar-refractivity contribution in [1.82, 2.24) is 4.67 Å². The Kier molecular flexibility index (Phi) is 3.67. The number of nitrogens with zero attached hydrogens (tertiary/aromatic N) is 1. The van der Waals surface area contributed by atoms with Gasteiger partial charge in [-0.05, 0) is 58.8 Å². The fraction of sp³-hybridized carbons (Fsp3) is 0.933. The van der Waals surface area contributed by atoms with Gasteiger partial charge in [-0.15, -0.1) is 0 Å². The van der Waals surface area contributed by atoms with Crippen molar-refractivity contribution in [3.05, 3.63) is 0 Å². The fourth-order valence-corrected chi connectivity index (χ4v) is 5.17. The lowest BCUT2D eigenvalue weighted by atomic mass is 9.65. The van der Waals surface area contributed by atoms with Gasteiger partial charge in [-0.2, -0.15) is 0 Å². The van der Waals surface area contributed by atoms with Gasteiger partial charge in [0.2, 0.25) is 5.91 Å². The summed E-state index contributed by atoms with van der Waals surface area (Å²) in [6.07, 6.45) is 11.8. The summed E-state index contributed by atoms with van der Waals surface area (Å²) in [6.45, 7) is 3.37. The second-order valence-electron chi connectivity index (χ2n) is 6.66. The van der Waals surface area contributed by atoms with E-state index in [0.717, 1.165) is 26.9 Å². The fourth-order valence-electron chi connectivity index (χ4n) is 3.56. The summed E-state index contributed by atoms with van der Waals surface area (Å²) < 4.78 is 2.17. The lowest BCUT2D eigenvalue weighted by molar-refractivity contribution is -0.154. The third kappa shape index (κ3) is 2.46. The minimum absolute atomic E-state index is 0.116. The first-order valence-electron chi connectivity index (χ1n) is 7.82. The minimum Gasteiger partial charge on any atom is -0.323 e. The summed E-state index contributed by atoms with van der Waals surface area (Å²) in [4.78, 5) is 12.4. The van der Waals surface area contributed by atoms with E-state index in [-0.39, 0.29) is 5.41 Å². The van der Waals surface area contributed by atoms with Crippen LogP contribution in [0.2, 0.25) is 0 Å². The van der Waals surface area contributed by atoms with Crippen LogP contribution in [0.1, 0.15) is 64.7 Å². The maximum atomic E-state index is 12.4. The molecule has 1 aliphatic heterocycles. The van der Waals surface area contributed by atoms with Gasteiger partial charge in [0.15, 0.2) is 0 Å². The second kappa shape index (κ2) is 5.12. The summed E-state index contributed by atoms with van der Waals surface area (Å²) in [5.74, 6) is 1.44. The molecule has 3 aliphatic rings. The molecule has 1 unspecified atom stereocenters. The van der Waals surface area contributed by atoms with Gasteiger partial charge in [0.25, 0.3) is 0 Å². The highest BCUT2D eigenvalue weighted by molar-refractivity contribution is 7.37. The van der Waals surface area contributed by atoms with Crippen LogP contribution in [0.25, 0.3) is 0 Å². The van der Waals surface area contributed by atoms with Gasteiger partial charge in [0.1, 0.15) is 0 Å². The second-order valence-corrected chi connectivity index (χ2v) is 8.28. The molecule has 1 heterocycles. The van der Waals surface area contributed by atoms with Gasteiger partial charge in [0.05, 0.1) is 5.41 Å². The summed E-state index contributed by atoms with van der Waals surface area (Å²) in [5, 5.41) is 0. The highest BCUT2D eigenvalue weighted by Crippen LogP contribution is 2.54. The van der Waals surface area contributed by atoms with E-state index < -0.39 is 0 Å². The number of hydrogen-bond acceptors (Lipinski definition) is 1. The Balaban J connectivity index is 1.46. The van der Waals surface area contributed by atoms with E-state index in [9.17, 15) is 4.79 Å². The number of carbonyl (C=O) groups excluding carboxylic acids is 1. The van der Waals surface area contributed by atoms with E-state index in [2.05, 4.69) is 11.6 Å². The molecule has 1 atom stereocenters. The largest absolute Gasteiger partial charge is 0.323 e. The van der Waals surface area contributed by atoms with Gasteiger partial charge in [-0.25, -0.2) is 0 Å². The Labute approximate surface area is 113 Å². The third-order valence-electron chi connectivity index (χ3n) is 5.10. The summed E-state index contributed by atoms with van der Waals surface area (Å²) in [6, 6.07) is 0. The zero-order valence-corrected chi connectivity index (χ0v) is 12.6. The Hall–Kier alpha value is -0.100. The highest BCUT2D eigenvalue weighted by atomic mass is 31.1. The van der Waals surface area contributed by atoms with Crippen LogP contribution in [0.4, 0.5) is 0 Å². The van der Waals surface area contributed by atoms with E-state index >= 15 is 0 Å². The van der Waals surface area contributed by atoms with Crippen LogP contribution in [0.3, 0.4) is 0 Å². The van der Waals surface area contributed by atoms with E-state index in [0.29, 0.717) is 5.91 Å². The molecular formula is C15H26NOP. The molecule has 3 fully saturated rings. The number of β-lactam (4-membered cyclic amide) rings is 1. The Morgan fingerprint density at radius 3 is 2.56 bits per heavy atom. The van der Waals surface area contributed by atoms with E-state index in [4.69, 9.17) is 0 Å². The van der Waals surface area contributed by atoms with Crippen molar-refractivity contribution < 1.29 is 4.79 Å². The summed E-state index contributed by atoms with van der Waals surface area (Å²) >= 11 is 0. The molecule has 3 heteroatoms. The number of carbonyl (C=O) groups is 1. The van der Waals surface area contributed by atoms with Crippen LogP contribution in [0.5, 0.6) is 0 Å². The van der Waals surface area contributed by atoms with Gasteiger partial charge in [-0.3, -0.25) is 4.79 Å². The van der Waals surface area contributed by atoms with Crippen LogP contribution >= 0.6 is 8.73 Å². The zero-order valence-electron chi connectivity index (χ0n) is 11.6. The molecule has 18 heavy (non-hydrogen) atoms. The monoisotopic (exact) mass is 267 g/mol. The maximum absolute atomic E-state index is 12.4. The average Bonchev–Trinajstić information content (AvgIpc) is 3.21. The first-order chi connectivity index (χ1) is 8.73. The molecule has 0 aromatic carbocycles. The molecule has 3 rings (SSSR count).